The second-order valence-electron chi connectivity index (χ2n) is 6.78. The number of hydrogen-bond donors (Lipinski definition) is 2. The molecule has 0 aromatic heterocycles. The first-order chi connectivity index (χ1) is 13.9. The zero-order valence-electron chi connectivity index (χ0n) is 15.8. The molecule has 1 fully saturated rings. The molecule has 1 saturated heterocycles. The van der Waals surface area contributed by atoms with Gasteiger partial charge in [0.2, 0.25) is 11.8 Å². The third-order valence-corrected chi connectivity index (χ3v) is 4.91. The number of imide groups is 1. The van der Waals surface area contributed by atoms with E-state index < -0.39 is 36.9 Å². The fourth-order valence-corrected chi connectivity index (χ4v) is 3.39. The first-order valence-corrected chi connectivity index (χ1v) is 9.18. The summed E-state index contributed by atoms with van der Waals surface area (Å²) >= 11 is 0. The van der Waals surface area contributed by atoms with Gasteiger partial charge in [-0.25, -0.2) is 0 Å². The van der Waals surface area contributed by atoms with E-state index in [9.17, 15) is 24.0 Å². The molecule has 0 unspecified atom stereocenters. The van der Waals surface area contributed by atoms with E-state index in [-0.39, 0.29) is 17.7 Å². The average molecular weight is 399 g/mol. The van der Waals surface area contributed by atoms with E-state index in [1.807, 2.05) is 12.2 Å². The highest BCUT2D eigenvalue weighted by Gasteiger charge is 2.47. The van der Waals surface area contributed by atoms with Crippen LogP contribution in [-0.4, -0.2) is 54.7 Å². The lowest BCUT2D eigenvalue weighted by Crippen LogP contribution is -2.37. The first kappa shape index (κ1) is 20.2. The number of esters is 1. The Morgan fingerprint density at radius 2 is 1.62 bits per heavy atom. The number of likely N-dealkylation sites (tertiary alicyclic amines) is 1. The number of anilines is 1. The maximum Gasteiger partial charge on any atom is 0.326 e. The summed E-state index contributed by atoms with van der Waals surface area (Å²) < 4.78 is 4.89. The Kier molecular flexibility index (Phi) is 6.06. The molecule has 2 aliphatic rings. The number of carbonyl (C=O) groups is 5. The number of nitrogens with one attached hydrogen (secondary N) is 2. The first-order valence-electron chi connectivity index (χ1n) is 9.18. The van der Waals surface area contributed by atoms with Crippen LogP contribution in [0.5, 0.6) is 0 Å². The van der Waals surface area contributed by atoms with Gasteiger partial charge in [-0.3, -0.25) is 28.9 Å². The van der Waals surface area contributed by atoms with Crippen molar-refractivity contribution in [2.45, 2.75) is 12.8 Å². The van der Waals surface area contributed by atoms with Crippen LogP contribution in [0.25, 0.3) is 0 Å². The maximum atomic E-state index is 12.3. The highest BCUT2D eigenvalue weighted by molar-refractivity contribution is 6.07. The molecule has 0 saturated carbocycles. The number of allylic oxidation sites excluding steroid dienone is 2. The highest BCUT2D eigenvalue weighted by atomic mass is 16.5. The van der Waals surface area contributed by atoms with E-state index in [0.717, 1.165) is 4.90 Å². The Morgan fingerprint density at radius 1 is 1.03 bits per heavy atom. The molecule has 2 N–H and O–H groups in total. The summed E-state index contributed by atoms with van der Waals surface area (Å²) in [6.45, 7) is -1.06. The Balaban J connectivity index is 1.47. The van der Waals surface area contributed by atoms with Gasteiger partial charge in [0.1, 0.15) is 6.54 Å². The van der Waals surface area contributed by atoms with Crippen LogP contribution in [0.2, 0.25) is 0 Å². The van der Waals surface area contributed by atoms with E-state index in [1.165, 1.54) is 7.05 Å². The van der Waals surface area contributed by atoms with Gasteiger partial charge < -0.3 is 15.4 Å². The number of fused-ring (bicyclic) bond motifs is 1. The number of ether oxygens (including phenoxy) is 1. The maximum absolute atomic E-state index is 12.3. The third-order valence-electron chi connectivity index (χ3n) is 4.91. The second kappa shape index (κ2) is 8.68. The van der Waals surface area contributed by atoms with Crippen LogP contribution >= 0.6 is 0 Å². The van der Waals surface area contributed by atoms with Crippen LogP contribution < -0.4 is 10.6 Å². The summed E-state index contributed by atoms with van der Waals surface area (Å²) in [5.74, 6) is -3.24. The number of rotatable bonds is 6. The van der Waals surface area contributed by atoms with Crippen molar-refractivity contribution in [1.29, 1.82) is 0 Å². The van der Waals surface area contributed by atoms with Gasteiger partial charge in [0.25, 0.3) is 11.8 Å². The zero-order valence-corrected chi connectivity index (χ0v) is 15.8. The summed E-state index contributed by atoms with van der Waals surface area (Å²) in [5.41, 5.74) is 0.868. The van der Waals surface area contributed by atoms with E-state index in [4.69, 9.17) is 4.74 Å². The minimum absolute atomic E-state index is 0.251. The van der Waals surface area contributed by atoms with Crippen molar-refractivity contribution in [3.05, 3.63) is 42.0 Å². The van der Waals surface area contributed by atoms with Crippen LogP contribution in [0, 0.1) is 11.8 Å². The number of hydrogen-bond acceptors (Lipinski definition) is 6. The SMILES string of the molecule is CNC(=O)c1ccc(NC(=O)COC(=O)CN2C(=O)[C@H]3CC=CC[C@H]3C2=O)cc1. The van der Waals surface area contributed by atoms with E-state index in [2.05, 4.69) is 10.6 Å². The second-order valence-corrected chi connectivity index (χ2v) is 6.78. The van der Waals surface area contributed by atoms with Gasteiger partial charge in [0.05, 0.1) is 11.8 Å². The molecule has 9 heteroatoms. The molecular weight excluding hydrogens is 378 g/mol. The quantitative estimate of drug-likeness (QED) is 0.408. The van der Waals surface area contributed by atoms with E-state index >= 15 is 0 Å². The molecule has 0 radical (unpaired) electrons. The van der Waals surface area contributed by atoms with Crippen molar-refractivity contribution >= 4 is 35.3 Å². The van der Waals surface area contributed by atoms with Crippen LogP contribution in [-0.2, 0) is 23.9 Å². The summed E-state index contributed by atoms with van der Waals surface area (Å²) in [6, 6.07) is 6.17. The molecule has 3 rings (SSSR count). The minimum Gasteiger partial charge on any atom is -0.454 e. The Morgan fingerprint density at radius 3 is 2.17 bits per heavy atom. The van der Waals surface area contributed by atoms with Crippen molar-refractivity contribution in [2.75, 3.05) is 25.5 Å². The molecule has 4 amide bonds. The molecule has 1 aliphatic carbocycles. The molecule has 29 heavy (non-hydrogen) atoms. The molecular formula is C20H21N3O6. The van der Waals surface area contributed by atoms with Crippen molar-refractivity contribution < 1.29 is 28.7 Å². The molecule has 0 bridgehead atoms. The molecule has 1 aliphatic heterocycles. The number of nitrogens with zero attached hydrogens (tertiary/aromatic N) is 1. The lowest BCUT2D eigenvalue weighted by atomic mass is 9.85. The van der Waals surface area contributed by atoms with Crippen molar-refractivity contribution in [3.63, 3.8) is 0 Å². The Labute approximate surface area is 167 Å². The molecule has 1 aromatic carbocycles. The van der Waals surface area contributed by atoms with Gasteiger partial charge in [0, 0.05) is 18.3 Å². The van der Waals surface area contributed by atoms with Crippen molar-refractivity contribution in [3.8, 4) is 0 Å². The summed E-state index contributed by atoms with van der Waals surface area (Å²) in [4.78, 5) is 61.0. The minimum atomic E-state index is -0.830. The van der Waals surface area contributed by atoms with Gasteiger partial charge in [-0.1, -0.05) is 12.2 Å². The summed E-state index contributed by atoms with van der Waals surface area (Å²) in [7, 11) is 1.51. The molecule has 9 nitrogen and oxygen atoms in total. The van der Waals surface area contributed by atoms with Gasteiger partial charge in [-0.05, 0) is 37.1 Å². The molecule has 1 aromatic rings. The van der Waals surface area contributed by atoms with Crippen LogP contribution in [0.4, 0.5) is 5.69 Å². The standard InChI is InChI=1S/C20H21N3O6/c1-21-18(26)12-6-8-13(9-7-12)22-16(24)11-29-17(25)10-23-19(27)14-4-2-3-5-15(14)20(23)28/h2-3,6-9,14-15H,4-5,10-11H2,1H3,(H,21,26)(H,22,24)/t14-,15+. The predicted molar refractivity (Wildman–Crippen MR) is 101 cm³/mol. The zero-order chi connectivity index (χ0) is 21.0. The van der Waals surface area contributed by atoms with Crippen LogP contribution in [0.1, 0.15) is 23.2 Å². The smallest absolute Gasteiger partial charge is 0.326 e. The van der Waals surface area contributed by atoms with E-state index in [1.54, 1.807) is 24.3 Å². The van der Waals surface area contributed by atoms with Crippen molar-refractivity contribution in [1.82, 2.24) is 10.2 Å². The van der Waals surface area contributed by atoms with Gasteiger partial charge in [-0.2, -0.15) is 0 Å². The van der Waals surface area contributed by atoms with Crippen LogP contribution in [0.15, 0.2) is 36.4 Å². The topological polar surface area (TPSA) is 122 Å². The lowest BCUT2D eigenvalue weighted by molar-refractivity contribution is -0.154. The Hall–Kier alpha value is -3.49. The average Bonchev–Trinajstić information content (AvgIpc) is 2.97. The lowest BCUT2D eigenvalue weighted by Gasteiger charge is -2.14. The number of amides is 4. The van der Waals surface area contributed by atoms with Crippen LogP contribution in [0.3, 0.4) is 0 Å². The summed E-state index contributed by atoms with van der Waals surface area (Å²) in [5, 5.41) is 5.02. The molecule has 2 atom stereocenters. The van der Waals surface area contributed by atoms with E-state index in [0.29, 0.717) is 24.1 Å². The Bertz CT molecular complexity index is 851. The number of benzene rings is 1. The number of carbonyl (C=O) groups excluding carboxylic acids is 5. The highest BCUT2D eigenvalue weighted by Crippen LogP contribution is 2.34. The predicted octanol–water partition coefficient (Wildman–Crippen LogP) is 0.479. The monoisotopic (exact) mass is 399 g/mol. The molecule has 1 heterocycles. The summed E-state index contributed by atoms with van der Waals surface area (Å²) in [6.07, 6.45) is 4.70. The van der Waals surface area contributed by atoms with Gasteiger partial charge in [0.15, 0.2) is 6.61 Å². The fraction of sp³-hybridized carbons (Fsp3) is 0.350. The normalized spacial score (nSPS) is 20.2. The fourth-order valence-electron chi connectivity index (χ4n) is 3.39. The largest absolute Gasteiger partial charge is 0.454 e. The molecule has 152 valence electrons. The van der Waals surface area contributed by atoms with Gasteiger partial charge in [-0.15, -0.1) is 0 Å². The third kappa shape index (κ3) is 4.50. The van der Waals surface area contributed by atoms with Crippen molar-refractivity contribution in [2.24, 2.45) is 11.8 Å². The molecule has 0 spiro atoms. The van der Waals surface area contributed by atoms with Gasteiger partial charge >= 0.3 is 5.97 Å².